The first-order valence-corrected chi connectivity index (χ1v) is 8.37. The molecule has 1 amide bonds. The van der Waals surface area contributed by atoms with E-state index < -0.39 is 17.6 Å². The fraction of sp³-hybridized carbons (Fsp3) is 0.133. The average Bonchev–Trinajstić information content (AvgIpc) is 2.47. The second-order valence-corrected chi connectivity index (χ2v) is 6.78. The molecule has 0 bridgehead atoms. The summed E-state index contributed by atoms with van der Waals surface area (Å²) in [6.07, 6.45) is -4.52. The summed E-state index contributed by atoms with van der Waals surface area (Å²) in [6, 6.07) is 7.78. The van der Waals surface area contributed by atoms with Gasteiger partial charge >= 0.3 is 6.18 Å². The number of amides is 1. The summed E-state index contributed by atoms with van der Waals surface area (Å²) in [5.41, 5.74) is -1.03. The number of halogens is 6. The van der Waals surface area contributed by atoms with E-state index in [4.69, 9.17) is 16.3 Å². The Hall–Kier alpha value is -1.25. The molecule has 0 aliphatic rings. The quantitative estimate of drug-likeness (QED) is 0.583. The van der Waals surface area contributed by atoms with Gasteiger partial charge in [-0.1, -0.05) is 27.5 Å². The Kier molecular flexibility index (Phi) is 6.17. The second-order valence-electron chi connectivity index (χ2n) is 4.60. The van der Waals surface area contributed by atoms with Gasteiger partial charge in [0.25, 0.3) is 5.91 Å². The molecule has 2 aromatic carbocycles. The third-order valence-corrected chi connectivity index (χ3v) is 4.26. The molecule has 0 aliphatic carbocycles. The van der Waals surface area contributed by atoms with Crippen molar-refractivity contribution in [1.29, 1.82) is 0 Å². The number of hydrogen-bond acceptors (Lipinski definition) is 2. The number of nitrogens with one attached hydrogen (secondary N) is 1. The van der Waals surface area contributed by atoms with Gasteiger partial charge in [-0.25, -0.2) is 0 Å². The smallest absolute Gasteiger partial charge is 0.416 e. The zero-order chi connectivity index (χ0) is 17.9. The van der Waals surface area contributed by atoms with E-state index in [1.807, 2.05) is 0 Å². The van der Waals surface area contributed by atoms with E-state index in [0.717, 1.165) is 22.7 Å². The summed E-state index contributed by atoms with van der Waals surface area (Å²) >= 11 is 12.4. The van der Waals surface area contributed by atoms with E-state index in [2.05, 4.69) is 37.2 Å². The van der Waals surface area contributed by atoms with Crippen LogP contribution < -0.4 is 10.1 Å². The van der Waals surface area contributed by atoms with Crippen LogP contribution in [0, 0.1) is 0 Å². The highest BCUT2D eigenvalue weighted by molar-refractivity contribution is 9.11. The number of ether oxygens (including phenoxy) is 1. The maximum Gasteiger partial charge on any atom is 0.416 e. The number of hydrogen-bond donors (Lipinski definition) is 1. The lowest BCUT2D eigenvalue weighted by molar-refractivity contribution is -0.137. The standard InChI is InChI=1S/C15H9Br2ClF3NO2/c16-9-2-4-13(10(17)6-9)24-7-14(23)22-12-5-8(15(19,20)21)1-3-11(12)18/h1-6H,7H2,(H,22,23). The van der Waals surface area contributed by atoms with Gasteiger partial charge in [-0.15, -0.1) is 0 Å². The Morgan fingerprint density at radius 3 is 2.50 bits per heavy atom. The summed E-state index contributed by atoms with van der Waals surface area (Å²) < 4.78 is 44.8. The van der Waals surface area contributed by atoms with Crippen molar-refractivity contribution < 1.29 is 22.7 Å². The van der Waals surface area contributed by atoms with Crippen LogP contribution in [0.1, 0.15) is 5.56 Å². The van der Waals surface area contributed by atoms with Crippen LogP contribution in [0.2, 0.25) is 5.02 Å². The van der Waals surface area contributed by atoms with E-state index in [9.17, 15) is 18.0 Å². The van der Waals surface area contributed by atoms with E-state index in [-0.39, 0.29) is 17.3 Å². The van der Waals surface area contributed by atoms with Gasteiger partial charge in [-0.05, 0) is 52.3 Å². The molecule has 2 aromatic rings. The fourth-order valence-corrected chi connectivity index (χ4v) is 3.05. The minimum absolute atomic E-state index is 0.00109. The summed E-state index contributed by atoms with van der Waals surface area (Å²) in [6.45, 7) is -0.382. The van der Waals surface area contributed by atoms with Crippen molar-refractivity contribution in [2.24, 2.45) is 0 Å². The average molecular weight is 487 g/mol. The maximum atomic E-state index is 12.7. The molecule has 3 nitrogen and oxygen atoms in total. The van der Waals surface area contributed by atoms with Gasteiger partial charge in [-0.3, -0.25) is 4.79 Å². The van der Waals surface area contributed by atoms with Gasteiger partial charge < -0.3 is 10.1 Å². The maximum absolute atomic E-state index is 12.7. The minimum Gasteiger partial charge on any atom is -0.483 e. The van der Waals surface area contributed by atoms with Crippen LogP contribution in [0.3, 0.4) is 0 Å². The zero-order valence-corrected chi connectivity index (χ0v) is 15.7. The van der Waals surface area contributed by atoms with Crippen molar-refractivity contribution in [1.82, 2.24) is 0 Å². The summed E-state index contributed by atoms with van der Waals surface area (Å²) in [5, 5.41) is 2.30. The highest BCUT2D eigenvalue weighted by atomic mass is 79.9. The Bertz CT molecular complexity index is 769. The molecule has 9 heteroatoms. The molecule has 0 aromatic heterocycles. The van der Waals surface area contributed by atoms with E-state index in [1.54, 1.807) is 18.2 Å². The predicted molar refractivity (Wildman–Crippen MR) is 92.4 cm³/mol. The van der Waals surface area contributed by atoms with Crippen molar-refractivity contribution in [3.63, 3.8) is 0 Å². The van der Waals surface area contributed by atoms with Crippen LogP contribution in [0.4, 0.5) is 18.9 Å². The highest BCUT2D eigenvalue weighted by Gasteiger charge is 2.31. The second kappa shape index (κ2) is 7.76. The molecule has 0 radical (unpaired) electrons. The SMILES string of the molecule is O=C(COc1ccc(Br)cc1Br)Nc1cc(C(F)(F)F)ccc1Cl. The van der Waals surface area contributed by atoms with E-state index in [1.165, 1.54) is 0 Å². The molecule has 0 saturated heterocycles. The lowest BCUT2D eigenvalue weighted by Crippen LogP contribution is -2.21. The third kappa shape index (κ3) is 5.12. The molecule has 0 atom stereocenters. The molecule has 1 N–H and O–H groups in total. The molecule has 0 spiro atoms. The van der Waals surface area contributed by atoms with Gasteiger partial charge in [0.1, 0.15) is 5.75 Å². The number of carbonyl (C=O) groups excluding carboxylic acids is 1. The third-order valence-electron chi connectivity index (χ3n) is 2.82. The van der Waals surface area contributed by atoms with Gasteiger partial charge in [0, 0.05) is 4.47 Å². The van der Waals surface area contributed by atoms with Crippen molar-refractivity contribution in [2.45, 2.75) is 6.18 Å². The van der Waals surface area contributed by atoms with Crippen molar-refractivity contribution in [2.75, 3.05) is 11.9 Å². The molecule has 0 aliphatic heterocycles. The molecule has 0 saturated carbocycles. The first-order chi connectivity index (χ1) is 11.2. The number of anilines is 1. The first-order valence-electron chi connectivity index (χ1n) is 6.41. The number of carbonyl (C=O) groups is 1. The van der Waals surface area contributed by atoms with Crippen LogP contribution in [0.25, 0.3) is 0 Å². The predicted octanol–water partition coefficient (Wildman–Crippen LogP) is 5.90. The normalized spacial score (nSPS) is 11.2. The highest BCUT2D eigenvalue weighted by Crippen LogP contribution is 2.34. The number of alkyl halides is 3. The van der Waals surface area contributed by atoms with Crippen LogP contribution in [0.5, 0.6) is 5.75 Å². The van der Waals surface area contributed by atoms with Crippen molar-refractivity contribution >= 4 is 55.1 Å². The van der Waals surface area contributed by atoms with Crippen LogP contribution in [-0.2, 0) is 11.0 Å². The van der Waals surface area contributed by atoms with Crippen LogP contribution in [0.15, 0.2) is 45.3 Å². The molecule has 2 rings (SSSR count). The molecule has 0 fully saturated rings. The monoisotopic (exact) mass is 485 g/mol. The zero-order valence-electron chi connectivity index (χ0n) is 11.8. The Morgan fingerprint density at radius 1 is 1.17 bits per heavy atom. The van der Waals surface area contributed by atoms with Gasteiger partial charge in [0.05, 0.1) is 20.7 Å². The Morgan fingerprint density at radius 2 is 1.88 bits per heavy atom. The largest absolute Gasteiger partial charge is 0.483 e. The van der Waals surface area contributed by atoms with E-state index >= 15 is 0 Å². The lowest BCUT2D eigenvalue weighted by atomic mass is 10.2. The summed E-state index contributed by atoms with van der Waals surface area (Å²) in [7, 11) is 0. The van der Waals surface area contributed by atoms with Gasteiger partial charge in [-0.2, -0.15) is 13.2 Å². The topological polar surface area (TPSA) is 38.3 Å². The minimum atomic E-state index is -4.52. The number of benzene rings is 2. The summed E-state index contributed by atoms with van der Waals surface area (Å²) in [4.78, 5) is 11.9. The molecule has 0 heterocycles. The van der Waals surface area contributed by atoms with Crippen molar-refractivity contribution in [3.05, 3.63) is 55.9 Å². The molecule has 128 valence electrons. The lowest BCUT2D eigenvalue weighted by Gasteiger charge is -2.12. The van der Waals surface area contributed by atoms with E-state index in [0.29, 0.717) is 10.2 Å². The first kappa shape index (κ1) is 19.1. The Balaban J connectivity index is 2.04. The molecule has 24 heavy (non-hydrogen) atoms. The Labute approximate surface area is 157 Å². The number of rotatable bonds is 4. The fourth-order valence-electron chi connectivity index (χ4n) is 1.72. The summed E-state index contributed by atoms with van der Waals surface area (Å²) in [5.74, 6) is -0.213. The van der Waals surface area contributed by atoms with Gasteiger partial charge in [0.15, 0.2) is 6.61 Å². The van der Waals surface area contributed by atoms with Crippen LogP contribution >= 0.6 is 43.5 Å². The van der Waals surface area contributed by atoms with Crippen LogP contribution in [-0.4, -0.2) is 12.5 Å². The molecular formula is C15H9Br2ClF3NO2. The van der Waals surface area contributed by atoms with Crippen molar-refractivity contribution in [3.8, 4) is 5.75 Å². The molecule has 0 unspecified atom stereocenters. The molecular weight excluding hydrogens is 478 g/mol. The van der Waals surface area contributed by atoms with Gasteiger partial charge in [0.2, 0.25) is 0 Å².